The van der Waals surface area contributed by atoms with E-state index >= 15 is 0 Å². The molecule has 1 aromatic carbocycles. The Morgan fingerprint density at radius 1 is 1.19 bits per heavy atom. The van der Waals surface area contributed by atoms with Crippen molar-refractivity contribution in [3.05, 3.63) is 50.8 Å². The Bertz CT molecular complexity index is 985. The van der Waals surface area contributed by atoms with Crippen LogP contribution < -0.4 is 5.32 Å². The zero-order chi connectivity index (χ0) is 24.0. The quantitative estimate of drug-likeness (QED) is 0.391. The SMILES string of the molecule is CCOC(=O)c1[nH]c(C)c(C(=O)C(C)N(CCOC)C(=O)Nc2c(Cl)cccc2Cl)c1C. The number of anilines is 1. The number of hydrogen-bond donors (Lipinski definition) is 2. The number of carbonyl (C=O) groups is 3. The molecule has 1 unspecified atom stereocenters. The molecule has 32 heavy (non-hydrogen) atoms. The number of H-pyrrole nitrogens is 1. The highest BCUT2D eigenvalue weighted by Gasteiger charge is 2.31. The van der Waals surface area contributed by atoms with Crippen molar-refractivity contribution in [3.63, 3.8) is 0 Å². The summed E-state index contributed by atoms with van der Waals surface area (Å²) in [4.78, 5) is 42.9. The van der Waals surface area contributed by atoms with Gasteiger partial charge in [0.05, 0.1) is 35.0 Å². The van der Waals surface area contributed by atoms with Crippen LogP contribution in [-0.2, 0) is 9.47 Å². The summed E-state index contributed by atoms with van der Waals surface area (Å²) in [6.45, 7) is 7.24. The van der Waals surface area contributed by atoms with Gasteiger partial charge >= 0.3 is 12.0 Å². The van der Waals surface area contributed by atoms with Crippen molar-refractivity contribution in [2.24, 2.45) is 0 Å². The second kappa shape index (κ2) is 11.4. The van der Waals surface area contributed by atoms with Crippen molar-refractivity contribution in [3.8, 4) is 0 Å². The molecule has 2 N–H and O–H groups in total. The van der Waals surface area contributed by atoms with Gasteiger partial charge in [-0.15, -0.1) is 0 Å². The number of nitrogens with one attached hydrogen (secondary N) is 2. The van der Waals surface area contributed by atoms with Gasteiger partial charge in [0, 0.05) is 24.9 Å². The molecule has 2 aromatic rings. The minimum Gasteiger partial charge on any atom is -0.461 e. The van der Waals surface area contributed by atoms with Crippen molar-refractivity contribution in [2.45, 2.75) is 33.7 Å². The maximum absolute atomic E-state index is 13.4. The molecule has 2 rings (SSSR count). The number of methoxy groups -OCH3 is 1. The predicted molar refractivity (Wildman–Crippen MR) is 124 cm³/mol. The van der Waals surface area contributed by atoms with Gasteiger partial charge in [-0.05, 0) is 45.4 Å². The number of esters is 1. The zero-order valence-corrected chi connectivity index (χ0v) is 20.2. The second-order valence-corrected chi connectivity index (χ2v) is 7.91. The number of benzene rings is 1. The molecule has 0 saturated carbocycles. The molecular weight excluding hydrogens is 457 g/mol. The average Bonchev–Trinajstić information content (AvgIpc) is 3.04. The summed E-state index contributed by atoms with van der Waals surface area (Å²) < 4.78 is 10.2. The van der Waals surface area contributed by atoms with Crippen molar-refractivity contribution in [2.75, 3.05) is 32.2 Å². The Morgan fingerprint density at radius 3 is 2.38 bits per heavy atom. The highest BCUT2D eigenvalue weighted by Crippen LogP contribution is 2.30. The predicted octanol–water partition coefficient (Wildman–Crippen LogP) is 4.87. The Hall–Kier alpha value is -2.55. The van der Waals surface area contributed by atoms with Gasteiger partial charge in [-0.3, -0.25) is 4.79 Å². The first-order chi connectivity index (χ1) is 15.1. The molecule has 0 aliphatic heterocycles. The summed E-state index contributed by atoms with van der Waals surface area (Å²) in [6, 6.07) is 3.43. The lowest BCUT2D eigenvalue weighted by atomic mass is 10.00. The number of aromatic amines is 1. The number of aryl methyl sites for hydroxylation is 1. The molecule has 1 atom stereocenters. The summed E-state index contributed by atoms with van der Waals surface area (Å²) >= 11 is 12.3. The molecule has 2 amide bonds. The highest BCUT2D eigenvalue weighted by molar-refractivity contribution is 6.39. The standard InChI is InChI=1S/C22H27Cl2N3O5/c1-6-32-21(29)18-12(2)17(13(3)25-18)20(28)14(4)27(10-11-31-5)22(30)26-19-15(23)8-7-9-16(19)24/h7-9,14,25H,6,10-11H2,1-5H3,(H,26,30). The van der Waals surface area contributed by atoms with Gasteiger partial charge in [-0.1, -0.05) is 29.3 Å². The van der Waals surface area contributed by atoms with Crippen molar-refractivity contribution < 1.29 is 23.9 Å². The van der Waals surface area contributed by atoms with Gasteiger partial charge in [-0.25, -0.2) is 9.59 Å². The van der Waals surface area contributed by atoms with E-state index in [1.165, 1.54) is 12.0 Å². The van der Waals surface area contributed by atoms with Crippen LogP contribution in [0, 0.1) is 13.8 Å². The maximum atomic E-state index is 13.4. The van der Waals surface area contributed by atoms with Crippen LogP contribution >= 0.6 is 23.2 Å². The number of urea groups is 1. The molecule has 0 fully saturated rings. The van der Waals surface area contributed by atoms with E-state index in [4.69, 9.17) is 32.7 Å². The molecule has 0 saturated heterocycles. The molecule has 0 aliphatic carbocycles. The summed E-state index contributed by atoms with van der Waals surface area (Å²) in [5, 5.41) is 3.22. The van der Waals surface area contributed by atoms with Crippen molar-refractivity contribution >= 4 is 46.7 Å². The number of ketones is 1. The second-order valence-electron chi connectivity index (χ2n) is 7.10. The van der Waals surface area contributed by atoms with Gasteiger partial charge in [0.15, 0.2) is 5.78 Å². The van der Waals surface area contributed by atoms with Crippen LogP contribution in [0.4, 0.5) is 10.5 Å². The molecule has 0 spiro atoms. The third-order valence-electron chi connectivity index (χ3n) is 5.00. The van der Waals surface area contributed by atoms with E-state index in [9.17, 15) is 14.4 Å². The summed E-state index contributed by atoms with van der Waals surface area (Å²) in [7, 11) is 1.50. The molecule has 10 heteroatoms. The lowest BCUT2D eigenvalue weighted by Gasteiger charge is -2.29. The largest absolute Gasteiger partial charge is 0.461 e. The normalized spacial score (nSPS) is 11.7. The topological polar surface area (TPSA) is 101 Å². The summed E-state index contributed by atoms with van der Waals surface area (Å²) in [5.74, 6) is -0.870. The third kappa shape index (κ3) is 5.62. The smallest absolute Gasteiger partial charge is 0.355 e. The lowest BCUT2D eigenvalue weighted by Crippen LogP contribution is -2.47. The van der Waals surface area contributed by atoms with Crippen LogP contribution in [-0.4, -0.2) is 60.6 Å². The van der Waals surface area contributed by atoms with E-state index < -0.39 is 18.0 Å². The van der Waals surface area contributed by atoms with Crippen LogP contribution in [0.15, 0.2) is 18.2 Å². The van der Waals surface area contributed by atoms with E-state index in [-0.39, 0.29) is 47.0 Å². The van der Waals surface area contributed by atoms with Crippen LogP contribution in [0.3, 0.4) is 0 Å². The first-order valence-electron chi connectivity index (χ1n) is 10.0. The van der Waals surface area contributed by atoms with E-state index in [0.29, 0.717) is 16.8 Å². The van der Waals surface area contributed by atoms with E-state index in [1.807, 2.05) is 0 Å². The fourth-order valence-electron chi connectivity index (χ4n) is 3.33. The number of rotatable bonds is 9. The molecule has 0 radical (unpaired) electrons. The van der Waals surface area contributed by atoms with E-state index in [2.05, 4.69) is 10.3 Å². The van der Waals surface area contributed by atoms with Crippen molar-refractivity contribution in [1.82, 2.24) is 9.88 Å². The van der Waals surface area contributed by atoms with Gasteiger partial charge in [-0.2, -0.15) is 0 Å². The number of carbonyl (C=O) groups excluding carboxylic acids is 3. The molecule has 0 aliphatic rings. The monoisotopic (exact) mass is 483 g/mol. The molecular formula is C22H27Cl2N3O5. The first kappa shape index (κ1) is 25.7. The van der Waals surface area contributed by atoms with E-state index in [0.717, 1.165) is 0 Å². The fourth-order valence-corrected chi connectivity index (χ4v) is 3.83. The molecule has 1 heterocycles. The van der Waals surface area contributed by atoms with Gasteiger partial charge in [0.1, 0.15) is 5.69 Å². The minimum atomic E-state index is -0.866. The Morgan fingerprint density at radius 2 is 1.81 bits per heavy atom. The highest BCUT2D eigenvalue weighted by atomic mass is 35.5. The summed E-state index contributed by atoms with van der Waals surface area (Å²) in [5.41, 5.74) is 1.80. The average molecular weight is 484 g/mol. The molecule has 8 nitrogen and oxygen atoms in total. The third-order valence-corrected chi connectivity index (χ3v) is 5.63. The number of nitrogens with zero attached hydrogens (tertiary/aromatic N) is 1. The van der Waals surface area contributed by atoms with Gasteiger partial charge in [0.25, 0.3) is 0 Å². The van der Waals surface area contributed by atoms with Gasteiger partial charge < -0.3 is 24.7 Å². The van der Waals surface area contributed by atoms with Crippen molar-refractivity contribution in [1.29, 1.82) is 0 Å². The number of halogens is 2. The fraction of sp³-hybridized carbons (Fsp3) is 0.409. The number of Topliss-reactive ketones (excluding diaryl/α,β-unsaturated/α-hetero) is 1. The number of ether oxygens (including phenoxy) is 2. The van der Waals surface area contributed by atoms with Crippen LogP contribution in [0.25, 0.3) is 0 Å². The van der Waals surface area contributed by atoms with E-state index in [1.54, 1.807) is 45.9 Å². The lowest BCUT2D eigenvalue weighted by molar-refractivity contribution is 0.0519. The van der Waals surface area contributed by atoms with Crippen LogP contribution in [0.1, 0.15) is 46.0 Å². The number of amides is 2. The summed E-state index contributed by atoms with van der Waals surface area (Å²) in [6.07, 6.45) is 0. The first-order valence-corrected chi connectivity index (χ1v) is 10.8. The zero-order valence-electron chi connectivity index (χ0n) is 18.7. The van der Waals surface area contributed by atoms with Crippen LogP contribution in [0.2, 0.25) is 10.0 Å². The minimum absolute atomic E-state index is 0.143. The Kier molecular flexibility index (Phi) is 9.12. The number of aromatic nitrogens is 1. The van der Waals surface area contributed by atoms with Gasteiger partial charge in [0.2, 0.25) is 0 Å². The molecule has 174 valence electrons. The molecule has 0 bridgehead atoms. The number of hydrogen-bond acceptors (Lipinski definition) is 5. The molecule has 1 aromatic heterocycles. The number of para-hydroxylation sites is 1. The van der Waals surface area contributed by atoms with Crippen LogP contribution in [0.5, 0.6) is 0 Å². The Balaban J connectivity index is 2.35. The maximum Gasteiger partial charge on any atom is 0.355 e. The Labute approximate surface area is 197 Å².